The number of thiazole rings is 1. The number of hydrogen-bond donors (Lipinski definition) is 0. The molecule has 3 aromatic rings. The van der Waals surface area contributed by atoms with Gasteiger partial charge < -0.3 is 0 Å². The maximum Gasteiger partial charge on any atom is 0.135 e. The lowest BCUT2D eigenvalue weighted by Gasteiger charge is -1.90. The Labute approximate surface area is 112 Å². The number of allylic oxidation sites excluding steroid dienone is 1. The van der Waals surface area contributed by atoms with E-state index in [1.54, 1.807) is 22.7 Å². The number of para-hydroxylation sites is 1. The van der Waals surface area contributed by atoms with Crippen molar-refractivity contribution >= 4 is 44.5 Å². The lowest BCUT2D eigenvalue weighted by molar-refractivity contribution is 1.44. The zero-order valence-electron chi connectivity index (χ0n) is 9.33. The summed E-state index contributed by atoms with van der Waals surface area (Å²) in [4.78, 5) is 5.57. The number of rotatable bonds is 2. The molecule has 0 atom stereocenters. The first-order chi connectivity index (χ1) is 8.86. The molecule has 18 heavy (non-hydrogen) atoms. The van der Waals surface area contributed by atoms with Crippen molar-refractivity contribution in [3.05, 3.63) is 51.7 Å². The third-order valence-electron chi connectivity index (χ3n) is 2.47. The first kappa shape index (κ1) is 11.1. The zero-order valence-corrected chi connectivity index (χ0v) is 11.0. The highest BCUT2D eigenvalue weighted by Crippen LogP contribution is 2.28. The fourth-order valence-electron chi connectivity index (χ4n) is 1.64. The third kappa shape index (κ3) is 2.06. The van der Waals surface area contributed by atoms with Crippen molar-refractivity contribution in [3.8, 4) is 6.07 Å². The number of nitriles is 1. The van der Waals surface area contributed by atoms with Gasteiger partial charge in [0, 0.05) is 4.88 Å². The Morgan fingerprint density at radius 2 is 2.11 bits per heavy atom. The number of aromatic nitrogens is 1. The molecule has 0 fully saturated rings. The maximum atomic E-state index is 9.26. The van der Waals surface area contributed by atoms with E-state index in [1.165, 1.54) is 0 Å². The molecule has 0 bridgehead atoms. The van der Waals surface area contributed by atoms with Crippen molar-refractivity contribution in [1.82, 2.24) is 4.98 Å². The number of benzene rings is 1. The molecule has 4 heteroatoms. The van der Waals surface area contributed by atoms with Crippen LogP contribution in [0.4, 0.5) is 0 Å². The van der Waals surface area contributed by atoms with Crippen LogP contribution in [0.3, 0.4) is 0 Å². The number of nitrogens with zero attached hydrogens (tertiary/aromatic N) is 2. The molecule has 86 valence electrons. The Morgan fingerprint density at radius 1 is 1.22 bits per heavy atom. The molecule has 2 aromatic heterocycles. The van der Waals surface area contributed by atoms with Gasteiger partial charge in [0.05, 0.1) is 15.8 Å². The highest BCUT2D eigenvalue weighted by atomic mass is 32.1. The van der Waals surface area contributed by atoms with Crippen molar-refractivity contribution in [2.45, 2.75) is 0 Å². The van der Waals surface area contributed by atoms with Gasteiger partial charge in [-0.05, 0) is 29.7 Å². The molecule has 0 N–H and O–H groups in total. The maximum absolute atomic E-state index is 9.26. The third-order valence-corrected chi connectivity index (χ3v) is 4.36. The van der Waals surface area contributed by atoms with Crippen LogP contribution < -0.4 is 0 Å². The lowest BCUT2D eigenvalue weighted by atomic mass is 10.2. The van der Waals surface area contributed by atoms with E-state index in [9.17, 15) is 5.26 Å². The van der Waals surface area contributed by atoms with Gasteiger partial charge in [0.1, 0.15) is 11.1 Å². The summed E-state index contributed by atoms with van der Waals surface area (Å²) in [7, 11) is 0. The molecule has 1 aromatic carbocycles. The van der Waals surface area contributed by atoms with Gasteiger partial charge in [-0.2, -0.15) is 5.26 Å². The molecular weight excluding hydrogens is 260 g/mol. The number of hydrogen-bond acceptors (Lipinski definition) is 4. The fourth-order valence-corrected chi connectivity index (χ4v) is 3.23. The van der Waals surface area contributed by atoms with Gasteiger partial charge in [-0.15, -0.1) is 22.7 Å². The van der Waals surface area contributed by atoms with Crippen LogP contribution in [0.1, 0.15) is 9.88 Å². The molecule has 0 saturated heterocycles. The van der Waals surface area contributed by atoms with E-state index in [0.29, 0.717) is 5.57 Å². The molecule has 0 unspecified atom stereocenters. The minimum atomic E-state index is 0.624. The quantitative estimate of drug-likeness (QED) is 0.645. The normalized spacial score (nSPS) is 11.6. The van der Waals surface area contributed by atoms with E-state index >= 15 is 0 Å². The van der Waals surface area contributed by atoms with E-state index in [0.717, 1.165) is 20.1 Å². The summed E-state index contributed by atoms with van der Waals surface area (Å²) < 4.78 is 1.11. The van der Waals surface area contributed by atoms with Crippen molar-refractivity contribution in [2.75, 3.05) is 0 Å². The van der Waals surface area contributed by atoms with E-state index in [2.05, 4.69) is 11.1 Å². The monoisotopic (exact) mass is 268 g/mol. The molecule has 0 spiro atoms. The molecule has 0 saturated carbocycles. The molecule has 3 rings (SSSR count). The summed E-state index contributed by atoms with van der Waals surface area (Å²) in [6.07, 6.45) is 1.89. The van der Waals surface area contributed by atoms with Crippen molar-refractivity contribution in [3.63, 3.8) is 0 Å². The van der Waals surface area contributed by atoms with Crippen molar-refractivity contribution in [1.29, 1.82) is 5.26 Å². The van der Waals surface area contributed by atoms with Gasteiger partial charge in [0.25, 0.3) is 0 Å². The summed E-state index contributed by atoms with van der Waals surface area (Å²) in [5.41, 5.74) is 1.57. The Bertz CT molecular complexity index is 713. The topological polar surface area (TPSA) is 36.7 Å². The Kier molecular flexibility index (Phi) is 2.93. The van der Waals surface area contributed by atoms with E-state index in [4.69, 9.17) is 0 Å². The first-order valence-electron chi connectivity index (χ1n) is 5.38. The molecule has 0 radical (unpaired) electrons. The van der Waals surface area contributed by atoms with Gasteiger partial charge in [0.2, 0.25) is 0 Å². The summed E-state index contributed by atoms with van der Waals surface area (Å²) in [6.45, 7) is 0. The molecular formula is C14H8N2S2. The van der Waals surface area contributed by atoms with Gasteiger partial charge in [-0.3, -0.25) is 0 Å². The minimum absolute atomic E-state index is 0.624. The Hall–Kier alpha value is -1.96. The van der Waals surface area contributed by atoms with Gasteiger partial charge in [-0.25, -0.2) is 4.98 Å². The van der Waals surface area contributed by atoms with Crippen LogP contribution in [0, 0.1) is 11.3 Å². The second-order valence-corrected chi connectivity index (χ2v) is 5.68. The van der Waals surface area contributed by atoms with Gasteiger partial charge >= 0.3 is 0 Å². The highest BCUT2D eigenvalue weighted by Gasteiger charge is 2.08. The van der Waals surface area contributed by atoms with Gasteiger partial charge in [-0.1, -0.05) is 18.2 Å². The van der Waals surface area contributed by atoms with Crippen LogP contribution in [0.2, 0.25) is 0 Å². The first-order valence-corrected chi connectivity index (χ1v) is 7.08. The Morgan fingerprint density at radius 3 is 2.83 bits per heavy atom. The van der Waals surface area contributed by atoms with E-state index < -0.39 is 0 Å². The lowest BCUT2D eigenvalue weighted by Crippen LogP contribution is -1.78. The Balaban J connectivity index is 2.09. The molecule has 0 aliphatic rings. The van der Waals surface area contributed by atoms with Crippen LogP contribution in [0.25, 0.3) is 21.9 Å². The molecule has 0 aliphatic heterocycles. The average Bonchev–Trinajstić information content (AvgIpc) is 3.04. The minimum Gasteiger partial charge on any atom is -0.235 e. The van der Waals surface area contributed by atoms with Crippen LogP contribution in [-0.2, 0) is 0 Å². The summed E-state index contributed by atoms with van der Waals surface area (Å²) in [5.74, 6) is 0. The predicted molar refractivity (Wildman–Crippen MR) is 77.4 cm³/mol. The standard InChI is InChI=1S/C14H8N2S2/c15-9-10(8-11-4-3-7-17-11)14-16-12-5-1-2-6-13(12)18-14/h1-8H. The van der Waals surface area contributed by atoms with Crippen molar-refractivity contribution < 1.29 is 0 Å². The second kappa shape index (κ2) is 4.73. The molecule has 2 nitrogen and oxygen atoms in total. The van der Waals surface area contributed by atoms with Crippen LogP contribution in [0.15, 0.2) is 41.8 Å². The summed E-state index contributed by atoms with van der Waals surface area (Å²) >= 11 is 3.17. The summed E-state index contributed by atoms with van der Waals surface area (Å²) in [6, 6.07) is 14.1. The van der Waals surface area contributed by atoms with E-state index in [1.807, 2.05) is 47.9 Å². The zero-order chi connectivity index (χ0) is 12.4. The number of thiophene rings is 1. The van der Waals surface area contributed by atoms with Crippen LogP contribution in [0.5, 0.6) is 0 Å². The van der Waals surface area contributed by atoms with Gasteiger partial charge in [0.15, 0.2) is 0 Å². The fraction of sp³-hybridized carbons (Fsp3) is 0. The summed E-state index contributed by atoms with van der Waals surface area (Å²) in [5, 5.41) is 12.0. The number of fused-ring (bicyclic) bond motifs is 1. The molecule has 2 heterocycles. The molecule has 0 aliphatic carbocycles. The smallest absolute Gasteiger partial charge is 0.135 e. The van der Waals surface area contributed by atoms with Crippen LogP contribution in [-0.4, -0.2) is 4.98 Å². The van der Waals surface area contributed by atoms with Crippen molar-refractivity contribution in [2.24, 2.45) is 0 Å². The predicted octanol–water partition coefficient (Wildman–Crippen LogP) is 4.42. The SMILES string of the molecule is N#CC(=Cc1cccs1)c1nc2ccccc2s1. The largest absolute Gasteiger partial charge is 0.235 e. The second-order valence-electron chi connectivity index (χ2n) is 3.67. The average molecular weight is 268 g/mol. The van der Waals surface area contributed by atoms with Crippen LogP contribution >= 0.6 is 22.7 Å². The molecule has 0 amide bonds. The highest BCUT2D eigenvalue weighted by molar-refractivity contribution is 7.19. The van der Waals surface area contributed by atoms with E-state index in [-0.39, 0.29) is 0 Å².